The summed E-state index contributed by atoms with van der Waals surface area (Å²) in [5, 5.41) is 4.03. The van der Waals surface area contributed by atoms with Crippen LogP contribution in [0.2, 0.25) is 5.02 Å². The monoisotopic (exact) mass is 209 g/mol. The summed E-state index contributed by atoms with van der Waals surface area (Å²) in [6.45, 7) is 1.01. The molecule has 2 nitrogen and oxygen atoms in total. The zero-order valence-electron chi connectivity index (χ0n) is 7.79. The van der Waals surface area contributed by atoms with Gasteiger partial charge >= 0.3 is 0 Å². The molecule has 74 valence electrons. The summed E-state index contributed by atoms with van der Waals surface area (Å²) in [6.07, 6.45) is 3.08. The summed E-state index contributed by atoms with van der Waals surface area (Å²) < 4.78 is 0. The first kappa shape index (κ1) is 9.69. The average molecular weight is 210 g/mol. The van der Waals surface area contributed by atoms with Crippen molar-refractivity contribution in [2.24, 2.45) is 0 Å². The number of nitrogens with one attached hydrogen (secondary N) is 1. The lowest BCUT2D eigenvalue weighted by atomic mass is 10.00. The van der Waals surface area contributed by atoms with Crippen molar-refractivity contribution in [3.8, 4) is 0 Å². The number of hydrogen-bond donors (Lipinski definition) is 1. The fraction of sp³-hybridized carbons (Fsp3) is 0.364. The Kier molecular flexibility index (Phi) is 2.85. The Morgan fingerprint density at radius 2 is 2.36 bits per heavy atom. The van der Waals surface area contributed by atoms with Crippen LogP contribution in [0.1, 0.15) is 34.8 Å². The van der Waals surface area contributed by atoms with Crippen LogP contribution in [0.4, 0.5) is 0 Å². The molecule has 1 fully saturated rings. The van der Waals surface area contributed by atoms with Crippen molar-refractivity contribution in [3.63, 3.8) is 0 Å². The van der Waals surface area contributed by atoms with Gasteiger partial charge in [-0.3, -0.25) is 4.79 Å². The molecule has 1 aliphatic rings. The molecule has 1 atom stereocenters. The van der Waals surface area contributed by atoms with E-state index in [4.69, 9.17) is 11.6 Å². The van der Waals surface area contributed by atoms with Crippen molar-refractivity contribution in [3.05, 3.63) is 34.3 Å². The Hall–Kier alpha value is -0.860. The molecule has 1 aromatic carbocycles. The largest absolute Gasteiger partial charge is 0.310 e. The molecule has 0 radical (unpaired) electrons. The molecule has 1 N–H and O–H groups in total. The second kappa shape index (κ2) is 4.11. The van der Waals surface area contributed by atoms with E-state index in [9.17, 15) is 4.79 Å². The summed E-state index contributed by atoms with van der Waals surface area (Å²) in [7, 11) is 0. The third-order valence-electron chi connectivity index (χ3n) is 2.62. The van der Waals surface area contributed by atoms with Gasteiger partial charge < -0.3 is 5.32 Å². The molecule has 0 amide bonds. The van der Waals surface area contributed by atoms with Gasteiger partial charge in [0.2, 0.25) is 0 Å². The molecule has 1 saturated heterocycles. The maximum absolute atomic E-state index is 10.8. The van der Waals surface area contributed by atoms with Gasteiger partial charge in [0, 0.05) is 16.6 Å². The van der Waals surface area contributed by atoms with Gasteiger partial charge in [-0.1, -0.05) is 23.7 Å². The van der Waals surface area contributed by atoms with Crippen LogP contribution in [0.3, 0.4) is 0 Å². The molecule has 0 aromatic heterocycles. The SMILES string of the molecule is O=Cc1cccc(Cl)c1C1CCCN1. The van der Waals surface area contributed by atoms with Gasteiger partial charge in [0.1, 0.15) is 6.29 Å². The Bertz CT molecular complexity index is 345. The Morgan fingerprint density at radius 3 is 3.00 bits per heavy atom. The number of carbonyl (C=O) groups is 1. The lowest BCUT2D eigenvalue weighted by molar-refractivity contribution is 0.112. The molecule has 1 unspecified atom stereocenters. The number of carbonyl (C=O) groups excluding carboxylic acids is 1. The fourth-order valence-electron chi connectivity index (χ4n) is 1.96. The second-order valence-corrected chi connectivity index (χ2v) is 3.92. The molecular weight excluding hydrogens is 198 g/mol. The molecule has 0 aliphatic carbocycles. The van der Waals surface area contributed by atoms with Crippen molar-refractivity contribution in [1.29, 1.82) is 0 Å². The highest BCUT2D eigenvalue weighted by atomic mass is 35.5. The van der Waals surface area contributed by atoms with Gasteiger partial charge in [-0.2, -0.15) is 0 Å². The van der Waals surface area contributed by atoms with Crippen LogP contribution in [0, 0.1) is 0 Å². The molecular formula is C11H12ClNO. The summed E-state index contributed by atoms with van der Waals surface area (Å²) >= 11 is 6.09. The van der Waals surface area contributed by atoms with Crippen LogP contribution in [-0.4, -0.2) is 12.8 Å². The maximum atomic E-state index is 10.8. The topological polar surface area (TPSA) is 29.1 Å². The normalized spacial score (nSPS) is 21.1. The molecule has 3 heteroatoms. The molecule has 1 heterocycles. The van der Waals surface area contributed by atoms with Crippen LogP contribution in [-0.2, 0) is 0 Å². The highest BCUT2D eigenvalue weighted by molar-refractivity contribution is 6.31. The van der Waals surface area contributed by atoms with Crippen LogP contribution < -0.4 is 5.32 Å². The van der Waals surface area contributed by atoms with E-state index in [1.165, 1.54) is 0 Å². The first-order chi connectivity index (χ1) is 6.83. The van der Waals surface area contributed by atoms with Crippen molar-refractivity contribution >= 4 is 17.9 Å². The quantitative estimate of drug-likeness (QED) is 0.759. The van der Waals surface area contributed by atoms with Gasteiger partial charge in [-0.25, -0.2) is 0 Å². The van der Waals surface area contributed by atoms with Crippen LogP contribution >= 0.6 is 11.6 Å². The summed E-state index contributed by atoms with van der Waals surface area (Å²) in [5.74, 6) is 0. The number of aldehydes is 1. The Balaban J connectivity index is 2.42. The van der Waals surface area contributed by atoms with Crippen molar-refractivity contribution in [2.75, 3.05) is 6.54 Å². The fourth-order valence-corrected chi connectivity index (χ4v) is 2.27. The minimum Gasteiger partial charge on any atom is -0.310 e. The van der Waals surface area contributed by atoms with Gasteiger partial charge in [0.05, 0.1) is 0 Å². The van der Waals surface area contributed by atoms with Gasteiger partial charge in [-0.05, 0) is 31.0 Å². The van der Waals surface area contributed by atoms with Crippen molar-refractivity contribution in [2.45, 2.75) is 18.9 Å². The Labute approximate surface area is 88.3 Å². The Morgan fingerprint density at radius 1 is 1.50 bits per heavy atom. The minimum absolute atomic E-state index is 0.254. The summed E-state index contributed by atoms with van der Waals surface area (Å²) in [6, 6.07) is 5.71. The van der Waals surface area contributed by atoms with Gasteiger partial charge in [-0.15, -0.1) is 0 Å². The van der Waals surface area contributed by atoms with E-state index in [1.807, 2.05) is 18.2 Å². The van der Waals surface area contributed by atoms with Crippen LogP contribution in [0.5, 0.6) is 0 Å². The lowest BCUT2D eigenvalue weighted by Crippen LogP contribution is -2.15. The molecule has 14 heavy (non-hydrogen) atoms. The van der Waals surface area contributed by atoms with E-state index in [0.717, 1.165) is 31.2 Å². The number of rotatable bonds is 2. The molecule has 2 rings (SSSR count). The van der Waals surface area contributed by atoms with Crippen LogP contribution in [0.25, 0.3) is 0 Å². The summed E-state index contributed by atoms with van der Waals surface area (Å²) in [5.41, 5.74) is 1.67. The smallest absolute Gasteiger partial charge is 0.150 e. The summed E-state index contributed by atoms with van der Waals surface area (Å²) in [4.78, 5) is 10.8. The average Bonchev–Trinajstić information content (AvgIpc) is 2.70. The molecule has 1 aromatic rings. The van der Waals surface area contributed by atoms with Crippen molar-refractivity contribution < 1.29 is 4.79 Å². The zero-order valence-corrected chi connectivity index (χ0v) is 8.55. The van der Waals surface area contributed by atoms with Gasteiger partial charge in [0.15, 0.2) is 0 Å². The molecule has 0 bridgehead atoms. The molecule has 0 saturated carbocycles. The van der Waals surface area contributed by atoms with E-state index >= 15 is 0 Å². The minimum atomic E-state index is 0.254. The van der Waals surface area contributed by atoms with E-state index < -0.39 is 0 Å². The van der Waals surface area contributed by atoms with Crippen LogP contribution in [0.15, 0.2) is 18.2 Å². The lowest BCUT2D eigenvalue weighted by Gasteiger charge is -2.14. The van der Waals surface area contributed by atoms with E-state index in [0.29, 0.717) is 10.6 Å². The molecule has 1 aliphatic heterocycles. The highest BCUT2D eigenvalue weighted by Gasteiger charge is 2.21. The second-order valence-electron chi connectivity index (χ2n) is 3.51. The van der Waals surface area contributed by atoms with E-state index in [-0.39, 0.29) is 6.04 Å². The first-order valence-corrected chi connectivity index (χ1v) is 5.17. The zero-order chi connectivity index (χ0) is 9.97. The van der Waals surface area contributed by atoms with Crippen molar-refractivity contribution in [1.82, 2.24) is 5.32 Å². The standard InChI is InChI=1S/C11H12ClNO/c12-9-4-1-3-8(7-14)11(9)10-5-2-6-13-10/h1,3-4,7,10,13H,2,5-6H2. The predicted molar refractivity (Wildman–Crippen MR) is 56.8 cm³/mol. The van der Waals surface area contributed by atoms with Gasteiger partial charge in [0.25, 0.3) is 0 Å². The third kappa shape index (κ3) is 1.68. The number of hydrogen-bond acceptors (Lipinski definition) is 2. The number of benzene rings is 1. The molecule has 0 spiro atoms. The predicted octanol–water partition coefficient (Wildman–Crippen LogP) is 2.58. The van der Waals surface area contributed by atoms with E-state index in [1.54, 1.807) is 0 Å². The maximum Gasteiger partial charge on any atom is 0.150 e. The van der Waals surface area contributed by atoms with E-state index in [2.05, 4.69) is 5.32 Å². The third-order valence-corrected chi connectivity index (χ3v) is 2.95. The number of halogens is 1. The first-order valence-electron chi connectivity index (χ1n) is 4.80. The highest BCUT2D eigenvalue weighted by Crippen LogP contribution is 2.31.